The maximum atomic E-state index is 12.2. The Morgan fingerprint density at radius 2 is 2.15 bits per heavy atom. The molecule has 0 spiro atoms. The van der Waals surface area contributed by atoms with Crippen LogP contribution in [-0.2, 0) is 9.59 Å². The Bertz CT molecular complexity index is 500. The standard InChI is InChI=1S/C15H20N2O3/c1-10(2)20-13-6-4-3-5-12(13)17-15(19)11-7-8-16-14(18)9-11/h3-6,10-11H,7-9H2,1-2H3,(H,16,18)(H,17,19). The summed E-state index contributed by atoms with van der Waals surface area (Å²) in [4.78, 5) is 23.5. The highest BCUT2D eigenvalue weighted by Crippen LogP contribution is 2.26. The van der Waals surface area contributed by atoms with Crippen LogP contribution in [0.15, 0.2) is 24.3 Å². The van der Waals surface area contributed by atoms with Crippen LogP contribution in [0.3, 0.4) is 0 Å². The Kier molecular flexibility index (Phi) is 4.61. The molecule has 1 heterocycles. The predicted molar refractivity (Wildman–Crippen MR) is 76.6 cm³/mol. The molecule has 2 rings (SSSR count). The van der Waals surface area contributed by atoms with Gasteiger partial charge in [-0.3, -0.25) is 9.59 Å². The van der Waals surface area contributed by atoms with Crippen LogP contribution in [0.1, 0.15) is 26.7 Å². The number of carbonyl (C=O) groups is 2. The van der Waals surface area contributed by atoms with Gasteiger partial charge in [0.1, 0.15) is 5.75 Å². The van der Waals surface area contributed by atoms with Gasteiger partial charge in [-0.05, 0) is 32.4 Å². The Morgan fingerprint density at radius 3 is 2.85 bits per heavy atom. The largest absolute Gasteiger partial charge is 0.489 e. The molecule has 1 aromatic rings. The zero-order chi connectivity index (χ0) is 14.5. The quantitative estimate of drug-likeness (QED) is 0.883. The van der Waals surface area contributed by atoms with Crippen LogP contribution in [0.4, 0.5) is 5.69 Å². The van der Waals surface area contributed by atoms with Crippen molar-refractivity contribution in [2.24, 2.45) is 5.92 Å². The molecule has 0 bridgehead atoms. The lowest BCUT2D eigenvalue weighted by molar-refractivity contribution is -0.129. The van der Waals surface area contributed by atoms with Crippen LogP contribution in [0.5, 0.6) is 5.75 Å². The van der Waals surface area contributed by atoms with E-state index in [0.717, 1.165) is 0 Å². The first kappa shape index (κ1) is 14.4. The molecule has 0 radical (unpaired) electrons. The van der Waals surface area contributed by atoms with Gasteiger partial charge in [-0.1, -0.05) is 12.1 Å². The van der Waals surface area contributed by atoms with Gasteiger partial charge in [-0.2, -0.15) is 0 Å². The summed E-state index contributed by atoms with van der Waals surface area (Å²) < 4.78 is 5.66. The van der Waals surface area contributed by atoms with Gasteiger partial charge < -0.3 is 15.4 Å². The lowest BCUT2D eigenvalue weighted by Crippen LogP contribution is -2.38. The lowest BCUT2D eigenvalue weighted by Gasteiger charge is -2.22. The van der Waals surface area contributed by atoms with Crippen molar-refractivity contribution >= 4 is 17.5 Å². The fourth-order valence-electron chi connectivity index (χ4n) is 2.17. The van der Waals surface area contributed by atoms with E-state index >= 15 is 0 Å². The molecule has 0 saturated carbocycles. The van der Waals surface area contributed by atoms with Gasteiger partial charge in [0, 0.05) is 18.9 Å². The summed E-state index contributed by atoms with van der Waals surface area (Å²) >= 11 is 0. The first-order chi connectivity index (χ1) is 9.56. The van der Waals surface area contributed by atoms with Crippen molar-refractivity contribution in [2.45, 2.75) is 32.8 Å². The van der Waals surface area contributed by atoms with Gasteiger partial charge >= 0.3 is 0 Å². The van der Waals surface area contributed by atoms with E-state index in [9.17, 15) is 9.59 Å². The second-order valence-electron chi connectivity index (χ2n) is 5.19. The van der Waals surface area contributed by atoms with Crippen LogP contribution < -0.4 is 15.4 Å². The fraction of sp³-hybridized carbons (Fsp3) is 0.467. The summed E-state index contributed by atoms with van der Waals surface area (Å²) in [7, 11) is 0. The van der Waals surface area contributed by atoms with Gasteiger partial charge in [0.05, 0.1) is 11.8 Å². The van der Waals surface area contributed by atoms with Gasteiger partial charge in [0.2, 0.25) is 11.8 Å². The Hall–Kier alpha value is -2.04. The SMILES string of the molecule is CC(C)Oc1ccccc1NC(=O)C1CCNC(=O)C1. The maximum absolute atomic E-state index is 12.2. The number of benzene rings is 1. The van der Waals surface area contributed by atoms with Gasteiger partial charge in [0.15, 0.2) is 0 Å². The van der Waals surface area contributed by atoms with Crippen LogP contribution in [0.25, 0.3) is 0 Å². The van der Waals surface area contributed by atoms with E-state index in [4.69, 9.17) is 4.74 Å². The summed E-state index contributed by atoms with van der Waals surface area (Å²) in [5.41, 5.74) is 0.650. The van der Waals surface area contributed by atoms with E-state index < -0.39 is 0 Å². The third kappa shape index (κ3) is 3.73. The minimum Gasteiger partial charge on any atom is -0.489 e. The van der Waals surface area contributed by atoms with Crippen molar-refractivity contribution in [3.63, 3.8) is 0 Å². The van der Waals surface area contributed by atoms with Crippen LogP contribution >= 0.6 is 0 Å². The Labute approximate surface area is 118 Å². The number of ether oxygens (including phenoxy) is 1. The highest BCUT2D eigenvalue weighted by Gasteiger charge is 2.26. The highest BCUT2D eigenvalue weighted by molar-refractivity contribution is 5.96. The van der Waals surface area contributed by atoms with E-state index in [1.165, 1.54) is 0 Å². The van der Waals surface area contributed by atoms with Crippen LogP contribution in [-0.4, -0.2) is 24.5 Å². The third-order valence-electron chi connectivity index (χ3n) is 3.13. The molecule has 0 aromatic heterocycles. The maximum Gasteiger partial charge on any atom is 0.228 e. The summed E-state index contributed by atoms with van der Waals surface area (Å²) in [6.07, 6.45) is 0.956. The van der Waals surface area contributed by atoms with Crippen molar-refractivity contribution in [1.29, 1.82) is 0 Å². The van der Waals surface area contributed by atoms with Crippen molar-refractivity contribution in [2.75, 3.05) is 11.9 Å². The monoisotopic (exact) mass is 276 g/mol. The van der Waals surface area contributed by atoms with Crippen molar-refractivity contribution in [3.05, 3.63) is 24.3 Å². The average Bonchev–Trinajstić information content (AvgIpc) is 2.40. The van der Waals surface area contributed by atoms with Crippen LogP contribution in [0, 0.1) is 5.92 Å². The van der Waals surface area contributed by atoms with Crippen molar-refractivity contribution < 1.29 is 14.3 Å². The van der Waals surface area contributed by atoms with E-state index in [1.807, 2.05) is 32.0 Å². The van der Waals surface area contributed by atoms with E-state index in [1.54, 1.807) is 6.07 Å². The molecular weight excluding hydrogens is 256 g/mol. The zero-order valence-electron chi connectivity index (χ0n) is 11.8. The molecule has 1 aromatic carbocycles. The minimum atomic E-state index is -0.268. The third-order valence-corrected chi connectivity index (χ3v) is 3.13. The van der Waals surface area contributed by atoms with Crippen molar-refractivity contribution in [3.8, 4) is 5.75 Å². The molecule has 20 heavy (non-hydrogen) atoms. The number of piperidine rings is 1. The smallest absolute Gasteiger partial charge is 0.228 e. The summed E-state index contributed by atoms with van der Waals surface area (Å²) in [5, 5.41) is 5.59. The average molecular weight is 276 g/mol. The molecule has 1 aliphatic heterocycles. The fourth-order valence-corrected chi connectivity index (χ4v) is 2.17. The zero-order valence-corrected chi connectivity index (χ0v) is 11.8. The number of amides is 2. The molecule has 2 amide bonds. The molecular formula is C15H20N2O3. The molecule has 5 nitrogen and oxygen atoms in total. The number of carbonyl (C=O) groups excluding carboxylic acids is 2. The first-order valence-corrected chi connectivity index (χ1v) is 6.89. The van der Waals surface area contributed by atoms with Crippen molar-refractivity contribution in [1.82, 2.24) is 5.32 Å². The summed E-state index contributed by atoms with van der Waals surface area (Å²) in [6, 6.07) is 7.33. The van der Waals surface area contributed by atoms with E-state index in [2.05, 4.69) is 10.6 Å². The van der Waals surface area contributed by atoms with Gasteiger partial charge in [-0.15, -0.1) is 0 Å². The molecule has 1 fully saturated rings. The van der Waals surface area contributed by atoms with Gasteiger partial charge in [-0.25, -0.2) is 0 Å². The number of anilines is 1. The molecule has 1 atom stereocenters. The Balaban J connectivity index is 2.05. The minimum absolute atomic E-state index is 0.0357. The summed E-state index contributed by atoms with van der Waals surface area (Å²) in [5.74, 6) is 0.190. The second kappa shape index (κ2) is 6.41. The highest BCUT2D eigenvalue weighted by atomic mass is 16.5. The first-order valence-electron chi connectivity index (χ1n) is 6.89. The number of rotatable bonds is 4. The Morgan fingerprint density at radius 1 is 1.40 bits per heavy atom. The number of hydrogen-bond acceptors (Lipinski definition) is 3. The predicted octanol–water partition coefficient (Wildman–Crippen LogP) is 1.94. The number of para-hydroxylation sites is 2. The lowest BCUT2D eigenvalue weighted by atomic mass is 9.96. The van der Waals surface area contributed by atoms with E-state index in [-0.39, 0.29) is 30.3 Å². The molecule has 108 valence electrons. The number of hydrogen-bond donors (Lipinski definition) is 2. The molecule has 1 saturated heterocycles. The molecule has 1 unspecified atom stereocenters. The molecule has 1 aliphatic rings. The van der Waals surface area contributed by atoms with Gasteiger partial charge in [0.25, 0.3) is 0 Å². The van der Waals surface area contributed by atoms with Crippen LogP contribution in [0.2, 0.25) is 0 Å². The molecule has 5 heteroatoms. The summed E-state index contributed by atoms with van der Waals surface area (Å²) in [6.45, 7) is 4.43. The molecule has 2 N–H and O–H groups in total. The second-order valence-corrected chi connectivity index (χ2v) is 5.19. The normalized spacial score (nSPS) is 18.6. The van der Waals surface area contributed by atoms with E-state index in [0.29, 0.717) is 24.4 Å². The number of nitrogens with one attached hydrogen (secondary N) is 2. The molecule has 0 aliphatic carbocycles. The topological polar surface area (TPSA) is 67.4 Å².